The lowest BCUT2D eigenvalue weighted by atomic mass is 10.2. The fraction of sp³-hybridized carbons (Fsp3) is 0.154. The maximum atomic E-state index is 13.1. The molecule has 1 aromatic heterocycles. The van der Waals surface area contributed by atoms with Gasteiger partial charge in [0.25, 0.3) is 0 Å². The second-order valence-electron chi connectivity index (χ2n) is 4.09. The van der Waals surface area contributed by atoms with E-state index in [1.807, 2.05) is 0 Å². The van der Waals surface area contributed by atoms with Crippen molar-refractivity contribution in [2.75, 3.05) is 0 Å². The van der Waals surface area contributed by atoms with Crippen molar-refractivity contribution < 1.29 is 12.8 Å². The minimum absolute atomic E-state index is 0.0942. The zero-order chi connectivity index (χ0) is 13.9. The fourth-order valence-corrected chi connectivity index (χ4v) is 2.90. The maximum absolute atomic E-state index is 13.1. The van der Waals surface area contributed by atoms with Crippen molar-refractivity contribution in [3.8, 4) is 0 Å². The quantitative estimate of drug-likeness (QED) is 0.934. The summed E-state index contributed by atoms with van der Waals surface area (Å²) in [5.74, 6) is -0.586. The number of rotatable bonds is 4. The van der Waals surface area contributed by atoms with Crippen LogP contribution in [0.5, 0.6) is 0 Å². The Hall–Kier alpha value is -1.79. The lowest BCUT2D eigenvalue weighted by Crippen LogP contribution is -2.27. The van der Waals surface area contributed by atoms with Gasteiger partial charge in [0.05, 0.1) is 4.90 Å². The average Bonchev–Trinajstić information content (AvgIpc) is 2.39. The monoisotopic (exact) mass is 280 g/mol. The third-order valence-corrected chi connectivity index (χ3v) is 4.16. The normalized spacial score (nSPS) is 13.2. The van der Waals surface area contributed by atoms with E-state index in [9.17, 15) is 12.8 Å². The Morgan fingerprint density at radius 1 is 1.26 bits per heavy atom. The van der Waals surface area contributed by atoms with E-state index in [2.05, 4.69) is 9.71 Å². The van der Waals surface area contributed by atoms with Crippen molar-refractivity contribution in [2.24, 2.45) is 0 Å². The number of benzene rings is 1. The van der Waals surface area contributed by atoms with Gasteiger partial charge in [-0.2, -0.15) is 0 Å². The van der Waals surface area contributed by atoms with E-state index in [4.69, 9.17) is 0 Å². The van der Waals surface area contributed by atoms with Gasteiger partial charge in [0.1, 0.15) is 5.82 Å². The molecule has 4 nitrogen and oxygen atoms in total. The SMILES string of the molecule is CC(NS(=O)(=O)c1cccc(F)c1)c1cccnc1. The number of hydrogen-bond donors (Lipinski definition) is 1. The van der Waals surface area contributed by atoms with Crippen molar-refractivity contribution in [2.45, 2.75) is 17.9 Å². The lowest BCUT2D eigenvalue weighted by Gasteiger charge is -2.14. The van der Waals surface area contributed by atoms with Crippen molar-refractivity contribution in [1.82, 2.24) is 9.71 Å². The molecular formula is C13H13FN2O2S. The van der Waals surface area contributed by atoms with Crippen LogP contribution < -0.4 is 4.72 Å². The Morgan fingerprint density at radius 3 is 2.68 bits per heavy atom. The minimum Gasteiger partial charge on any atom is -0.264 e. The average molecular weight is 280 g/mol. The molecule has 0 spiro atoms. The van der Waals surface area contributed by atoms with E-state index in [0.717, 1.165) is 11.6 Å². The van der Waals surface area contributed by atoms with E-state index in [1.54, 1.807) is 31.5 Å². The third-order valence-electron chi connectivity index (χ3n) is 2.62. The van der Waals surface area contributed by atoms with E-state index in [-0.39, 0.29) is 4.90 Å². The van der Waals surface area contributed by atoms with Crippen LogP contribution in [0, 0.1) is 5.82 Å². The smallest absolute Gasteiger partial charge is 0.241 e. The number of halogens is 1. The summed E-state index contributed by atoms with van der Waals surface area (Å²) < 4.78 is 39.7. The van der Waals surface area contributed by atoms with Crippen LogP contribution in [0.15, 0.2) is 53.7 Å². The topological polar surface area (TPSA) is 59.1 Å². The highest BCUT2D eigenvalue weighted by atomic mass is 32.2. The predicted octanol–water partition coefficient (Wildman–Crippen LogP) is 2.26. The Morgan fingerprint density at radius 2 is 2.05 bits per heavy atom. The third kappa shape index (κ3) is 3.36. The number of aromatic nitrogens is 1. The summed E-state index contributed by atoms with van der Waals surface area (Å²) in [4.78, 5) is 3.83. The molecule has 1 N–H and O–H groups in total. The molecular weight excluding hydrogens is 267 g/mol. The number of nitrogens with one attached hydrogen (secondary N) is 1. The van der Waals surface area contributed by atoms with Gasteiger partial charge in [-0.25, -0.2) is 17.5 Å². The molecule has 0 amide bonds. The molecule has 100 valence electrons. The lowest BCUT2D eigenvalue weighted by molar-refractivity contribution is 0.563. The molecule has 0 fully saturated rings. The molecule has 1 heterocycles. The maximum Gasteiger partial charge on any atom is 0.241 e. The van der Waals surface area contributed by atoms with Crippen molar-refractivity contribution >= 4 is 10.0 Å². The van der Waals surface area contributed by atoms with Gasteiger partial charge < -0.3 is 0 Å². The second-order valence-corrected chi connectivity index (χ2v) is 5.80. The van der Waals surface area contributed by atoms with E-state index < -0.39 is 21.9 Å². The summed E-state index contributed by atoms with van der Waals surface area (Å²) in [6.45, 7) is 1.70. The molecule has 0 saturated carbocycles. The summed E-state index contributed by atoms with van der Waals surface area (Å²) in [6, 6.07) is 7.94. The Kier molecular flexibility index (Phi) is 3.92. The fourth-order valence-electron chi connectivity index (χ4n) is 1.64. The highest BCUT2D eigenvalue weighted by Gasteiger charge is 2.18. The largest absolute Gasteiger partial charge is 0.264 e. The zero-order valence-electron chi connectivity index (χ0n) is 10.2. The second kappa shape index (κ2) is 5.46. The standard InChI is InChI=1S/C13H13FN2O2S/c1-10(11-4-3-7-15-9-11)16-19(17,18)13-6-2-5-12(14)8-13/h2-10,16H,1H3. The van der Waals surface area contributed by atoms with Crippen molar-refractivity contribution in [3.63, 3.8) is 0 Å². The molecule has 0 saturated heterocycles. The Labute approximate surface area is 111 Å². The van der Waals surface area contributed by atoms with Gasteiger partial charge in [-0.1, -0.05) is 12.1 Å². The molecule has 0 aliphatic heterocycles. The van der Waals surface area contributed by atoms with Gasteiger partial charge >= 0.3 is 0 Å². The van der Waals surface area contributed by atoms with E-state index in [1.165, 1.54) is 18.2 Å². The molecule has 6 heteroatoms. The zero-order valence-corrected chi connectivity index (χ0v) is 11.1. The van der Waals surface area contributed by atoms with Crippen LogP contribution in [0.3, 0.4) is 0 Å². The first-order valence-electron chi connectivity index (χ1n) is 5.67. The Bertz CT molecular complexity index is 659. The van der Waals surface area contributed by atoms with Gasteiger partial charge in [0.15, 0.2) is 0 Å². The van der Waals surface area contributed by atoms with Gasteiger partial charge in [-0.05, 0) is 36.8 Å². The molecule has 1 unspecified atom stereocenters. The minimum atomic E-state index is -3.75. The number of sulfonamides is 1. The summed E-state index contributed by atoms with van der Waals surface area (Å²) in [5, 5.41) is 0. The van der Waals surface area contributed by atoms with Crippen LogP contribution >= 0.6 is 0 Å². The van der Waals surface area contributed by atoms with Gasteiger partial charge in [-0.3, -0.25) is 4.98 Å². The molecule has 0 bridgehead atoms. The first kappa shape index (κ1) is 13.6. The van der Waals surface area contributed by atoms with Crippen LogP contribution in [-0.2, 0) is 10.0 Å². The number of hydrogen-bond acceptors (Lipinski definition) is 3. The Balaban J connectivity index is 2.23. The van der Waals surface area contributed by atoms with E-state index >= 15 is 0 Å². The molecule has 0 radical (unpaired) electrons. The van der Waals surface area contributed by atoms with Gasteiger partial charge in [0, 0.05) is 18.4 Å². The summed E-state index contributed by atoms with van der Waals surface area (Å²) in [5.41, 5.74) is 0.738. The first-order valence-corrected chi connectivity index (χ1v) is 7.15. The van der Waals surface area contributed by atoms with Crippen LogP contribution in [0.4, 0.5) is 4.39 Å². The van der Waals surface area contributed by atoms with Crippen molar-refractivity contribution in [3.05, 3.63) is 60.2 Å². The van der Waals surface area contributed by atoms with Crippen LogP contribution in [0.1, 0.15) is 18.5 Å². The molecule has 1 atom stereocenters. The van der Waals surface area contributed by atoms with Gasteiger partial charge in [-0.15, -0.1) is 0 Å². The molecule has 0 aliphatic rings. The molecule has 2 rings (SSSR count). The van der Waals surface area contributed by atoms with E-state index in [0.29, 0.717) is 0 Å². The summed E-state index contributed by atoms with van der Waals surface area (Å²) in [6.07, 6.45) is 3.19. The van der Waals surface area contributed by atoms with Crippen molar-refractivity contribution in [1.29, 1.82) is 0 Å². The van der Waals surface area contributed by atoms with Gasteiger partial charge in [0.2, 0.25) is 10.0 Å². The molecule has 19 heavy (non-hydrogen) atoms. The first-order chi connectivity index (χ1) is 8.99. The summed E-state index contributed by atoms with van der Waals surface area (Å²) >= 11 is 0. The van der Waals surface area contributed by atoms with Crippen LogP contribution in [-0.4, -0.2) is 13.4 Å². The highest BCUT2D eigenvalue weighted by Crippen LogP contribution is 2.16. The predicted molar refractivity (Wildman–Crippen MR) is 69.4 cm³/mol. The molecule has 0 aliphatic carbocycles. The molecule has 1 aromatic carbocycles. The van der Waals surface area contributed by atoms with Crippen LogP contribution in [0.25, 0.3) is 0 Å². The molecule has 2 aromatic rings. The summed E-state index contributed by atoms with van der Waals surface area (Å²) in [7, 11) is -3.75. The number of pyridine rings is 1. The van der Waals surface area contributed by atoms with Crippen LogP contribution in [0.2, 0.25) is 0 Å². The highest BCUT2D eigenvalue weighted by molar-refractivity contribution is 7.89. The number of nitrogens with zero attached hydrogens (tertiary/aromatic N) is 1.